The van der Waals surface area contributed by atoms with Gasteiger partial charge in [-0.2, -0.15) is 4.98 Å². The Morgan fingerprint density at radius 1 is 1.29 bits per heavy atom. The first-order chi connectivity index (χ1) is 10.2. The second kappa shape index (κ2) is 8.54. The van der Waals surface area contributed by atoms with Crippen molar-refractivity contribution < 1.29 is 5.11 Å². The first-order valence-corrected chi connectivity index (χ1v) is 8.65. The van der Waals surface area contributed by atoms with Crippen LogP contribution in [-0.4, -0.2) is 34.8 Å². The van der Waals surface area contributed by atoms with Crippen LogP contribution in [0.1, 0.15) is 39.0 Å². The second-order valence-corrected chi connectivity index (χ2v) is 6.54. The van der Waals surface area contributed by atoms with E-state index in [1.165, 1.54) is 19.3 Å². The summed E-state index contributed by atoms with van der Waals surface area (Å²) in [5.41, 5.74) is 0. The Morgan fingerprint density at radius 3 is 2.76 bits per heavy atom. The smallest absolute Gasteiger partial charge is 0.224 e. The number of anilines is 2. The minimum atomic E-state index is 0.292. The average Bonchev–Trinajstić information content (AvgIpc) is 2.53. The van der Waals surface area contributed by atoms with E-state index in [1.807, 2.05) is 0 Å². The van der Waals surface area contributed by atoms with Gasteiger partial charge in [0.1, 0.15) is 5.82 Å². The molecule has 2 atom stereocenters. The molecular weight excluding hydrogens is 332 g/mol. The lowest BCUT2D eigenvalue weighted by Crippen LogP contribution is -2.29. The fraction of sp³-hybridized carbons (Fsp3) is 0.733. The molecule has 0 amide bonds. The molecule has 1 aromatic rings. The summed E-state index contributed by atoms with van der Waals surface area (Å²) in [6.07, 6.45) is 7.64. The predicted molar refractivity (Wildman–Crippen MR) is 89.5 cm³/mol. The minimum absolute atomic E-state index is 0.292. The zero-order valence-electron chi connectivity index (χ0n) is 12.6. The number of nitrogens with one attached hydrogen (secondary N) is 2. The number of rotatable bonds is 7. The standard InChI is InChI=1S/C15H25BrN4O/c1-2-7-17-15-19-9-13(16)14(20-15)18-8-11-5-3-4-6-12(11)10-21/h9,11-12,21H,2-8,10H2,1H3,(H2,17,18,19,20). The van der Waals surface area contributed by atoms with Gasteiger partial charge in [0.25, 0.3) is 0 Å². The van der Waals surface area contributed by atoms with Gasteiger partial charge in [-0.05, 0) is 47.0 Å². The normalized spacial score (nSPS) is 22.0. The van der Waals surface area contributed by atoms with Crippen LogP contribution in [0.25, 0.3) is 0 Å². The molecule has 1 fully saturated rings. The summed E-state index contributed by atoms with van der Waals surface area (Å²) in [7, 11) is 0. The molecule has 1 aliphatic rings. The number of hydrogen-bond acceptors (Lipinski definition) is 5. The van der Waals surface area contributed by atoms with E-state index in [-0.39, 0.29) is 0 Å². The third-order valence-electron chi connectivity index (χ3n) is 4.11. The van der Waals surface area contributed by atoms with E-state index in [9.17, 15) is 5.11 Å². The van der Waals surface area contributed by atoms with Gasteiger partial charge in [0.15, 0.2) is 0 Å². The molecule has 6 heteroatoms. The topological polar surface area (TPSA) is 70.1 Å². The van der Waals surface area contributed by atoms with E-state index >= 15 is 0 Å². The van der Waals surface area contributed by atoms with Gasteiger partial charge in [-0.15, -0.1) is 0 Å². The van der Waals surface area contributed by atoms with Crippen LogP contribution in [0.2, 0.25) is 0 Å². The Labute approximate surface area is 135 Å². The van der Waals surface area contributed by atoms with Crippen LogP contribution in [0.3, 0.4) is 0 Å². The Morgan fingerprint density at radius 2 is 2.05 bits per heavy atom. The number of nitrogens with zero attached hydrogens (tertiary/aromatic N) is 2. The Balaban J connectivity index is 1.94. The highest BCUT2D eigenvalue weighted by atomic mass is 79.9. The number of aromatic nitrogens is 2. The molecule has 0 aromatic carbocycles. The van der Waals surface area contributed by atoms with E-state index in [4.69, 9.17) is 0 Å². The summed E-state index contributed by atoms with van der Waals surface area (Å²) in [5.74, 6) is 2.43. The Bertz CT molecular complexity index is 444. The number of aliphatic hydroxyl groups is 1. The van der Waals surface area contributed by atoms with Gasteiger partial charge in [-0.25, -0.2) is 4.98 Å². The first-order valence-electron chi connectivity index (χ1n) is 7.85. The molecule has 0 bridgehead atoms. The zero-order chi connectivity index (χ0) is 15.1. The number of halogens is 1. The SMILES string of the molecule is CCCNc1ncc(Br)c(NCC2CCCCC2CO)n1. The van der Waals surface area contributed by atoms with Gasteiger partial charge in [0.05, 0.1) is 4.47 Å². The van der Waals surface area contributed by atoms with Gasteiger partial charge in [0, 0.05) is 25.9 Å². The number of aliphatic hydroxyl groups excluding tert-OH is 1. The van der Waals surface area contributed by atoms with Gasteiger partial charge in [-0.3, -0.25) is 0 Å². The number of hydrogen-bond donors (Lipinski definition) is 3. The van der Waals surface area contributed by atoms with Crippen LogP contribution in [0.4, 0.5) is 11.8 Å². The van der Waals surface area contributed by atoms with Crippen LogP contribution in [0, 0.1) is 11.8 Å². The Kier molecular flexibility index (Phi) is 6.70. The highest BCUT2D eigenvalue weighted by Crippen LogP contribution is 2.30. The van der Waals surface area contributed by atoms with Crippen molar-refractivity contribution in [2.75, 3.05) is 30.3 Å². The summed E-state index contributed by atoms with van der Waals surface area (Å²) in [4.78, 5) is 8.76. The van der Waals surface area contributed by atoms with Gasteiger partial charge in [-0.1, -0.05) is 19.8 Å². The average molecular weight is 357 g/mol. The predicted octanol–water partition coefficient (Wildman–Crippen LogP) is 3.27. The monoisotopic (exact) mass is 356 g/mol. The van der Waals surface area contributed by atoms with Crippen molar-refractivity contribution in [1.82, 2.24) is 9.97 Å². The fourth-order valence-electron chi connectivity index (χ4n) is 2.83. The van der Waals surface area contributed by atoms with Crippen molar-refractivity contribution in [3.05, 3.63) is 10.7 Å². The van der Waals surface area contributed by atoms with Crippen LogP contribution in [0.5, 0.6) is 0 Å². The lowest BCUT2D eigenvalue weighted by atomic mass is 9.79. The quantitative estimate of drug-likeness (QED) is 0.699. The molecule has 0 saturated heterocycles. The van der Waals surface area contributed by atoms with Gasteiger partial charge >= 0.3 is 0 Å². The minimum Gasteiger partial charge on any atom is -0.396 e. The van der Waals surface area contributed by atoms with Crippen molar-refractivity contribution in [3.63, 3.8) is 0 Å². The largest absolute Gasteiger partial charge is 0.396 e. The molecule has 1 aromatic heterocycles. The third kappa shape index (κ3) is 4.81. The summed E-state index contributed by atoms with van der Waals surface area (Å²) < 4.78 is 0.876. The maximum atomic E-state index is 9.48. The van der Waals surface area contributed by atoms with E-state index in [0.717, 1.165) is 36.2 Å². The maximum absolute atomic E-state index is 9.48. The van der Waals surface area contributed by atoms with Crippen molar-refractivity contribution in [2.45, 2.75) is 39.0 Å². The van der Waals surface area contributed by atoms with E-state index < -0.39 is 0 Å². The highest BCUT2D eigenvalue weighted by Gasteiger charge is 2.24. The molecule has 0 aliphatic heterocycles. The molecule has 1 saturated carbocycles. The molecule has 0 spiro atoms. The molecule has 1 aliphatic carbocycles. The van der Waals surface area contributed by atoms with E-state index in [1.54, 1.807) is 6.20 Å². The molecular formula is C15H25BrN4O. The molecule has 118 valence electrons. The summed E-state index contributed by atoms with van der Waals surface area (Å²) in [6, 6.07) is 0. The van der Waals surface area contributed by atoms with Crippen molar-refractivity contribution in [2.24, 2.45) is 11.8 Å². The van der Waals surface area contributed by atoms with Crippen LogP contribution in [0.15, 0.2) is 10.7 Å². The van der Waals surface area contributed by atoms with E-state index in [0.29, 0.717) is 24.4 Å². The van der Waals surface area contributed by atoms with Crippen molar-refractivity contribution in [3.8, 4) is 0 Å². The second-order valence-electron chi connectivity index (χ2n) is 5.69. The fourth-order valence-corrected chi connectivity index (χ4v) is 3.17. The van der Waals surface area contributed by atoms with Crippen molar-refractivity contribution >= 4 is 27.7 Å². The highest BCUT2D eigenvalue weighted by molar-refractivity contribution is 9.10. The third-order valence-corrected chi connectivity index (χ3v) is 4.69. The summed E-state index contributed by atoms with van der Waals surface area (Å²) >= 11 is 3.49. The molecule has 2 rings (SSSR count). The van der Waals surface area contributed by atoms with Gasteiger partial charge < -0.3 is 15.7 Å². The zero-order valence-corrected chi connectivity index (χ0v) is 14.2. The van der Waals surface area contributed by atoms with Crippen LogP contribution in [-0.2, 0) is 0 Å². The molecule has 3 N–H and O–H groups in total. The summed E-state index contributed by atoms with van der Waals surface area (Å²) in [6.45, 7) is 4.13. The van der Waals surface area contributed by atoms with Crippen molar-refractivity contribution in [1.29, 1.82) is 0 Å². The lowest BCUT2D eigenvalue weighted by molar-refractivity contribution is 0.141. The van der Waals surface area contributed by atoms with Gasteiger partial charge in [0.2, 0.25) is 5.95 Å². The molecule has 21 heavy (non-hydrogen) atoms. The lowest BCUT2D eigenvalue weighted by Gasteiger charge is -2.30. The first kappa shape index (κ1) is 16.5. The molecule has 2 unspecified atom stereocenters. The Hall–Kier alpha value is -0.880. The molecule has 5 nitrogen and oxygen atoms in total. The summed E-state index contributed by atoms with van der Waals surface area (Å²) in [5, 5.41) is 16.1. The van der Waals surface area contributed by atoms with E-state index in [2.05, 4.69) is 43.5 Å². The maximum Gasteiger partial charge on any atom is 0.224 e. The van der Waals surface area contributed by atoms with Crippen LogP contribution >= 0.6 is 15.9 Å². The molecule has 1 heterocycles. The van der Waals surface area contributed by atoms with Crippen LogP contribution < -0.4 is 10.6 Å². The molecule has 0 radical (unpaired) electrons.